The average Bonchev–Trinajstić information content (AvgIpc) is 3.62. The van der Waals surface area contributed by atoms with E-state index in [1.54, 1.807) is 10.9 Å². The van der Waals surface area contributed by atoms with E-state index in [1.165, 1.54) is 17.1 Å². The monoisotopic (exact) mass is 565 g/mol. The predicted octanol–water partition coefficient (Wildman–Crippen LogP) is 2.73. The van der Waals surface area contributed by atoms with Gasteiger partial charge in [-0.3, -0.25) is 23.8 Å². The summed E-state index contributed by atoms with van der Waals surface area (Å²) in [5.74, 6) is 1.06. The van der Waals surface area contributed by atoms with Crippen molar-refractivity contribution in [3.63, 3.8) is 0 Å². The molecule has 5 heterocycles. The first kappa shape index (κ1) is 26.1. The molecule has 1 saturated carbocycles. The number of hydrogen-bond acceptors (Lipinski definition) is 8. The number of carbonyl (C=O) groups is 1. The number of nitrogens with one attached hydrogen (secondary N) is 1. The fourth-order valence-electron chi connectivity index (χ4n) is 5.52. The predicted molar refractivity (Wildman–Crippen MR) is 155 cm³/mol. The van der Waals surface area contributed by atoms with Crippen molar-refractivity contribution in [2.45, 2.75) is 44.4 Å². The van der Waals surface area contributed by atoms with E-state index < -0.39 is 5.60 Å². The number of benzene rings is 1. The van der Waals surface area contributed by atoms with Crippen LogP contribution in [-0.2, 0) is 17.9 Å². The Morgan fingerprint density at radius 2 is 1.95 bits per heavy atom. The minimum Gasteiger partial charge on any atom is -0.388 e. The number of anilines is 2. The van der Waals surface area contributed by atoms with Crippen molar-refractivity contribution < 1.29 is 9.90 Å². The minimum absolute atomic E-state index is 0.123. The number of hydrogen-bond donors (Lipinski definition) is 2. The molecular weight excluding hydrogens is 534 g/mol. The lowest BCUT2D eigenvalue weighted by molar-refractivity contribution is -0.137. The lowest BCUT2D eigenvalue weighted by Crippen LogP contribution is -2.50. The fourth-order valence-corrected chi connectivity index (χ4v) is 5.52. The highest BCUT2D eigenvalue weighted by Crippen LogP contribution is 2.33. The molecule has 2 aliphatic rings. The van der Waals surface area contributed by atoms with E-state index in [0.29, 0.717) is 49.3 Å². The van der Waals surface area contributed by atoms with Gasteiger partial charge < -0.3 is 15.3 Å². The first-order chi connectivity index (χ1) is 20.4. The van der Waals surface area contributed by atoms with Crippen molar-refractivity contribution in [1.82, 2.24) is 39.0 Å². The Labute approximate surface area is 241 Å². The molecule has 2 N–H and O–H groups in total. The zero-order valence-corrected chi connectivity index (χ0v) is 23.0. The summed E-state index contributed by atoms with van der Waals surface area (Å²) in [5, 5.41) is 24.0. The second kappa shape index (κ2) is 10.5. The Morgan fingerprint density at radius 1 is 1.10 bits per heavy atom. The maximum absolute atomic E-state index is 13.4. The van der Waals surface area contributed by atoms with Crippen molar-refractivity contribution in [1.29, 1.82) is 0 Å². The molecule has 1 aliphatic carbocycles. The smallest absolute Gasteiger partial charge is 0.264 e. The summed E-state index contributed by atoms with van der Waals surface area (Å²) < 4.78 is 4.92. The Hall–Kier alpha value is -4.84. The van der Waals surface area contributed by atoms with E-state index in [-0.39, 0.29) is 23.9 Å². The Kier molecular flexibility index (Phi) is 6.54. The number of likely N-dealkylation sites (tertiary alicyclic amines) is 1. The van der Waals surface area contributed by atoms with E-state index in [4.69, 9.17) is 0 Å². The van der Waals surface area contributed by atoms with Gasteiger partial charge in [0.1, 0.15) is 11.7 Å². The summed E-state index contributed by atoms with van der Waals surface area (Å²) in [6.07, 6.45) is 11.2. The van der Waals surface area contributed by atoms with Crippen LogP contribution >= 0.6 is 0 Å². The van der Waals surface area contributed by atoms with Gasteiger partial charge in [-0.05, 0) is 55.5 Å². The number of nitrogens with zero attached hydrogens (tertiary/aromatic N) is 8. The van der Waals surface area contributed by atoms with Gasteiger partial charge in [-0.2, -0.15) is 10.2 Å². The summed E-state index contributed by atoms with van der Waals surface area (Å²) in [4.78, 5) is 36.3. The van der Waals surface area contributed by atoms with Gasteiger partial charge in [-0.1, -0.05) is 12.1 Å². The molecule has 0 unspecified atom stereocenters. The number of piperidine rings is 1. The third kappa shape index (κ3) is 5.28. The van der Waals surface area contributed by atoms with E-state index in [9.17, 15) is 14.7 Å². The number of pyridine rings is 1. The molecule has 1 aromatic carbocycles. The van der Waals surface area contributed by atoms with Crippen molar-refractivity contribution in [2.24, 2.45) is 5.92 Å². The Balaban J connectivity index is 1.06. The lowest BCUT2D eigenvalue weighted by atomic mass is 9.91. The number of aromatic nitrogens is 7. The molecule has 1 saturated heterocycles. The van der Waals surface area contributed by atoms with E-state index in [1.807, 2.05) is 64.4 Å². The SMILES string of the molecule is O=C(C1CC1)N1CCC(O)(Cn2cnc3c(cnn3-c3cccc(Nc4ccn(Cc5cccnc5)n4)c3)c2=O)CC1. The molecule has 0 bridgehead atoms. The molecule has 1 aliphatic heterocycles. The molecule has 12 heteroatoms. The topological polar surface area (TPSA) is 136 Å². The van der Waals surface area contributed by atoms with Crippen LogP contribution in [0.5, 0.6) is 0 Å². The lowest BCUT2D eigenvalue weighted by Gasteiger charge is -2.38. The second-order valence-electron chi connectivity index (χ2n) is 11.2. The zero-order valence-electron chi connectivity index (χ0n) is 23.0. The molecular formula is C30H31N9O3. The highest BCUT2D eigenvalue weighted by atomic mass is 16.3. The molecule has 0 atom stereocenters. The maximum atomic E-state index is 13.4. The quantitative estimate of drug-likeness (QED) is 0.293. The second-order valence-corrected chi connectivity index (χ2v) is 11.2. The number of amides is 1. The number of rotatable bonds is 8. The van der Waals surface area contributed by atoms with E-state index in [2.05, 4.69) is 25.5 Å². The molecule has 0 spiro atoms. The third-order valence-electron chi connectivity index (χ3n) is 8.02. The number of aliphatic hydroxyl groups is 1. The molecule has 214 valence electrons. The largest absolute Gasteiger partial charge is 0.388 e. The minimum atomic E-state index is -1.07. The van der Waals surface area contributed by atoms with Crippen LogP contribution in [0.2, 0.25) is 0 Å². The maximum Gasteiger partial charge on any atom is 0.264 e. The molecule has 42 heavy (non-hydrogen) atoms. The van der Waals surface area contributed by atoms with Gasteiger partial charge in [0.25, 0.3) is 5.56 Å². The van der Waals surface area contributed by atoms with Gasteiger partial charge in [0.2, 0.25) is 5.91 Å². The average molecular weight is 566 g/mol. The first-order valence-electron chi connectivity index (χ1n) is 14.2. The van der Waals surface area contributed by atoms with Crippen molar-refractivity contribution in [3.8, 4) is 5.69 Å². The van der Waals surface area contributed by atoms with Crippen LogP contribution in [0, 0.1) is 5.92 Å². The van der Waals surface area contributed by atoms with Gasteiger partial charge in [0.05, 0.1) is 30.6 Å². The molecule has 0 radical (unpaired) electrons. The zero-order chi connectivity index (χ0) is 28.7. The van der Waals surface area contributed by atoms with Crippen LogP contribution in [0.15, 0.2) is 78.4 Å². The first-order valence-corrected chi connectivity index (χ1v) is 14.2. The third-order valence-corrected chi connectivity index (χ3v) is 8.02. The highest BCUT2D eigenvalue weighted by molar-refractivity contribution is 5.81. The highest BCUT2D eigenvalue weighted by Gasteiger charge is 2.39. The normalized spacial score (nSPS) is 16.5. The van der Waals surface area contributed by atoms with E-state index in [0.717, 1.165) is 29.8 Å². The van der Waals surface area contributed by atoms with Crippen molar-refractivity contribution in [2.75, 3.05) is 18.4 Å². The molecule has 12 nitrogen and oxygen atoms in total. The molecule has 7 rings (SSSR count). The standard InChI is InChI=1S/C30H31N9O3/c40-28(22-6-7-22)36-13-9-30(42,10-14-36)19-37-20-32-27-25(29(37)41)17-33-39(27)24-5-1-4-23(15-24)34-26-8-12-38(35-26)18-21-3-2-11-31-16-21/h1-5,8,11-12,15-17,20,22,42H,6-7,9-10,13-14,18-19H2,(H,34,35). The van der Waals surface area contributed by atoms with Crippen molar-refractivity contribution in [3.05, 3.63) is 89.5 Å². The van der Waals surface area contributed by atoms with Gasteiger partial charge in [0.15, 0.2) is 11.5 Å². The number of carbonyl (C=O) groups excluding carboxylic acids is 1. The molecule has 4 aromatic heterocycles. The summed E-state index contributed by atoms with van der Waals surface area (Å²) in [6, 6.07) is 13.4. The molecule has 2 fully saturated rings. The summed E-state index contributed by atoms with van der Waals surface area (Å²) in [6.45, 7) is 1.75. The van der Waals surface area contributed by atoms with Crippen LogP contribution in [0.3, 0.4) is 0 Å². The summed E-state index contributed by atoms with van der Waals surface area (Å²) >= 11 is 0. The number of fused-ring (bicyclic) bond motifs is 1. The Bertz CT molecular complexity index is 1800. The van der Waals surface area contributed by atoms with Crippen molar-refractivity contribution >= 4 is 28.4 Å². The van der Waals surface area contributed by atoms with Crippen LogP contribution in [-0.4, -0.2) is 68.7 Å². The van der Waals surface area contributed by atoms with Gasteiger partial charge in [0, 0.05) is 49.4 Å². The van der Waals surface area contributed by atoms with Gasteiger partial charge in [-0.25, -0.2) is 9.67 Å². The van der Waals surface area contributed by atoms with Gasteiger partial charge in [-0.15, -0.1) is 0 Å². The van der Waals surface area contributed by atoms with E-state index >= 15 is 0 Å². The van der Waals surface area contributed by atoms with Crippen LogP contribution in [0.25, 0.3) is 16.7 Å². The van der Waals surface area contributed by atoms with Crippen LogP contribution in [0.4, 0.5) is 11.5 Å². The fraction of sp³-hybridized carbons (Fsp3) is 0.333. The summed E-state index contributed by atoms with van der Waals surface area (Å²) in [7, 11) is 0. The van der Waals surface area contributed by atoms with Crippen LogP contribution in [0.1, 0.15) is 31.2 Å². The Morgan fingerprint density at radius 3 is 2.74 bits per heavy atom. The van der Waals surface area contributed by atoms with Crippen LogP contribution < -0.4 is 10.9 Å². The summed E-state index contributed by atoms with van der Waals surface area (Å²) in [5.41, 5.74) is 1.72. The molecule has 5 aromatic rings. The van der Waals surface area contributed by atoms with Gasteiger partial charge >= 0.3 is 0 Å². The molecule has 1 amide bonds.